The number of carbonyl (C=O) groups excluding carboxylic acids is 1. The Labute approximate surface area is 117 Å². The van der Waals surface area contributed by atoms with E-state index < -0.39 is 0 Å². The van der Waals surface area contributed by atoms with Crippen molar-refractivity contribution < 1.29 is 14.3 Å². The number of aromatic nitrogens is 1. The van der Waals surface area contributed by atoms with Crippen LogP contribution >= 0.6 is 0 Å². The number of fused-ring (bicyclic) bond motifs is 1. The largest absolute Gasteiger partial charge is 0.490 e. The number of benzene rings is 1. The van der Waals surface area contributed by atoms with Crippen molar-refractivity contribution in [1.82, 2.24) is 4.98 Å². The van der Waals surface area contributed by atoms with Crippen LogP contribution in [0.3, 0.4) is 0 Å². The normalized spacial score (nSPS) is 13.6. The van der Waals surface area contributed by atoms with E-state index in [1.807, 2.05) is 12.1 Å². The first kappa shape index (κ1) is 12.7. The minimum Gasteiger partial charge on any atom is -0.490 e. The summed E-state index contributed by atoms with van der Waals surface area (Å²) in [6, 6.07) is 9.06. The summed E-state index contributed by atoms with van der Waals surface area (Å²) >= 11 is 0. The summed E-state index contributed by atoms with van der Waals surface area (Å²) in [7, 11) is 0. The molecule has 0 saturated carbocycles. The molecule has 0 aliphatic carbocycles. The van der Waals surface area contributed by atoms with Gasteiger partial charge in [0.25, 0.3) is 0 Å². The van der Waals surface area contributed by atoms with Gasteiger partial charge in [-0.25, -0.2) is 0 Å². The molecule has 0 N–H and O–H groups in total. The minimum absolute atomic E-state index is 0.0619. The number of Topliss-reactive ketones (excluding diaryl/α,β-unsaturated/α-hetero) is 1. The number of nitrogens with zero attached hydrogens (tertiary/aromatic N) is 1. The fraction of sp³-hybridized carbons (Fsp3) is 0.250. The van der Waals surface area contributed by atoms with E-state index in [1.54, 1.807) is 30.6 Å². The maximum absolute atomic E-state index is 12.3. The molecule has 3 rings (SSSR count). The Kier molecular flexibility index (Phi) is 3.63. The van der Waals surface area contributed by atoms with Gasteiger partial charge in [-0.1, -0.05) is 0 Å². The number of pyridine rings is 1. The molecule has 102 valence electrons. The summed E-state index contributed by atoms with van der Waals surface area (Å²) < 4.78 is 11.2. The van der Waals surface area contributed by atoms with Crippen molar-refractivity contribution >= 4 is 5.78 Å². The highest BCUT2D eigenvalue weighted by atomic mass is 16.5. The van der Waals surface area contributed by atoms with Crippen molar-refractivity contribution in [3.05, 3.63) is 53.9 Å². The molecule has 0 saturated heterocycles. The highest BCUT2D eigenvalue weighted by molar-refractivity contribution is 5.98. The lowest BCUT2D eigenvalue weighted by atomic mass is 10.0. The van der Waals surface area contributed by atoms with Gasteiger partial charge in [0.2, 0.25) is 0 Å². The van der Waals surface area contributed by atoms with Gasteiger partial charge in [0, 0.05) is 30.8 Å². The molecule has 2 aromatic rings. The van der Waals surface area contributed by atoms with E-state index in [2.05, 4.69) is 4.98 Å². The molecular formula is C16H15NO3. The Hall–Kier alpha value is -2.36. The molecular weight excluding hydrogens is 254 g/mol. The Morgan fingerprint density at radius 1 is 1.05 bits per heavy atom. The Morgan fingerprint density at radius 3 is 2.60 bits per heavy atom. The number of carbonyl (C=O) groups is 1. The van der Waals surface area contributed by atoms with Gasteiger partial charge in [-0.05, 0) is 35.9 Å². The molecule has 0 bridgehead atoms. The summed E-state index contributed by atoms with van der Waals surface area (Å²) in [5, 5.41) is 0. The molecule has 1 aliphatic heterocycles. The fourth-order valence-corrected chi connectivity index (χ4v) is 2.12. The van der Waals surface area contributed by atoms with E-state index >= 15 is 0 Å². The molecule has 0 unspecified atom stereocenters. The quantitative estimate of drug-likeness (QED) is 0.804. The number of hydrogen-bond acceptors (Lipinski definition) is 4. The smallest absolute Gasteiger partial charge is 0.167 e. The highest BCUT2D eigenvalue weighted by Crippen LogP contribution is 2.30. The van der Waals surface area contributed by atoms with E-state index in [1.165, 1.54) is 0 Å². The van der Waals surface area contributed by atoms with Gasteiger partial charge in [0.15, 0.2) is 17.3 Å². The maximum atomic E-state index is 12.3. The molecule has 1 aliphatic rings. The second kappa shape index (κ2) is 5.74. The van der Waals surface area contributed by atoms with Crippen LogP contribution in [-0.2, 0) is 6.42 Å². The number of ether oxygens (including phenoxy) is 2. The second-order valence-corrected chi connectivity index (χ2v) is 4.67. The van der Waals surface area contributed by atoms with Crippen LogP contribution in [0.2, 0.25) is 0 Å². The minimum atomic E-state index is 0.0619. The summed E-state index contributed by atoms with van der Waals surface area (Å²) in [5.74, 6) is 1.43. The molecule has 0 fully saturated rings. The Bertz CT molecular complexity index is 610. The van der Waals surface area contributed by atoms with Crippen LogP contribution in [0.1, 0.15) is 22.3 Å². The molecule has 2 heterocycles. The first-order chi connectivity index (χ1) is 9.83. The SMILES string of the molecule is O=C(Cc1ccncc1)c1ccc2c(c1)OCCCO2. The van der Waals surface area contributed by atoms with Crippen molar-refractivity contribution in [1.29, 1.82) is 0 Å². The number of hydrogen-bond donors (Lipinski definition) is 0. The van der Waals surface area contributed by atoms with Crippen molar-refractivity contribution in [2.24, 2.45) is 0 Å². The van der Waals surface area contributed by atoms with Gasteiger partial charge in [-0.2, -0.15) is 0 Å². The van der Waals surface area contributed by atoms with Gasteiger partial charge >= 0.3 is 0 Å². The highest BCUT2D eigenvalue weighted by Gasteiger charge is 2.14. The average Bonchev–Trinajstić information content (AvgIpc) is 2.72. The van der Waals surface area contributed by atoms with Crippen LogP contribution in [0.25, 0.3) is 0 Å². The van der Waals surface area contributed by atoms with Crippen molar-refractivity contribution in [3.63, 3.8) is 0 Å². The van der Waals surface area contributed by atoms with Crippen LogP contribution < -0.4 is 9.47 Å². The summed E-state index contributed by atoms with van der Waals surface area (Å²) in [5.41, 5.74) is 1.60. The van der Waals surface area contributed by atoms with Crippen molar-refractivity contribution in [2.45, 2.75) is 12.8 Å². The lowest BCUT2D eigenvalue weighted by molar-refractivity contribution is 0.0992. The standard InChI is InChI=1S/C16H15NO3/c18-14(10-12-4-6-17-7-5-12)13-2-3-15-16(11-13)20-9-1-8-19-15/h2-7,11H,1,8-10H2. The van der Waals surface area contributed by atoms with Crippen LogP contribution in [0.5, 0.6) is 11.5 Å². The lowest BCUT2D eigenvalue weighted by Crippen LogP contribution is -2.04. The maximum Gasteiger partial charge on any atom is 0.167 e. The van der Waals surface area contributed by atoms with E-state index in [4.69, 9.17) is 9.47 Å². The number of rotatable bonds is 3. The Morgan fingerprint density at radius 2 is 1.80 bits per heavy atom. The monoisotopic (exact) mass is 269 g/mol. The fourth-order valence-electron chi connectivity index (χ4n) is 2.12. The van der Waals surface area contributed by atoms with Crippen molar-refractivity contribution in [3.8, 4) is 11.5 Å². The van der Waals surface area contributed by atoms with Gasteiger partial charge in [-0.15, -0.1) is 0 Å². The summed E-state index contributed by atoms with van der Waals surface area (Å²) in [6.45, 7) is 1.27. The van der Waals surface area contributed by atoms with E-state index in [9.17, 15) is 4.79 Å². The molecule has 0 spiro atoms. The van der Waals surface area contributed by atoms with E-state index in [-0.39, 0.29) is 5.78 Å². The predicted octanol–water partition coefficient (Wildman–Crippen LogP) is 2.67. The van der Waals surface area contributed by atoms with Gasteiger partial charge in [-0.3, -0.25) is 9.78 Å². The first-order valence-electron chi connectivity index (χ1n) is 6.65. The summed E-state index contributed by atoms with van der Waals surface area (Å²) in [4.78, 5) is 16.2. The molecule has 4 nitrogen and oxygen atoms in total. The zero-order chi connectivity index (χ0) is 13.8. The third-order valence-corrected chi connectivity index (χ3v) is 3.18. The first-order valence-corrected chi connectivity index (χ1v) is 6.65. The molecule has 1 aromatic heterocycles. The summed E-state index contributed by atoms with van der Waals surface area (Å²) in [6.07, 6.45) is 4.60. The molecule has 20 heavy (non-hydrogen) atoms. The van der Waals surface area contributed by atoms with Crippen molar-refractivity contribution in [2.75, 3.05) is 13.2 Å². The average molecular weight is 269 g/mol. The molecule has 0 amide bonds. The van der Waals surface area contributed by atoms with Gasteiger partial charge in [0.05, 0.1) is 13.2 Å². The third-order valence-electron chi connectivity index (χ3n) is 3.18. The van der Waals surface area contributed by atoms with E-state index in [0.29, 0.717) is 36.7 Å². The van der Waals surface area contributed by atoms with Crippen LogP contribution in [0.4, 0.5) is 0 Å². The van der Waals surface area contributed by atoms with Crippen LogP contribution in [0.15, 0.2) is 42.7 Å². The number of ketones is 1. The topological polar surface area (TPSA) is 48.4 Å². The van der Waals surface area contributed by atoms with Gasteiger partial charge < -0.3 is 9.47 Å². The second-order valence-electron chi connectivity index (χ2n) is 4.67. The predicted molar refractivity (Wildman–Crippen MR) is 74.3 cm³/mol. The van der Waals surface area contributed by atoms with Gasteiger partial charge in [0.1, 0.15) is 0 Å². The molecule has 1 aromatic carbocycles. The molecule has 0 atom stereocenters. The molecule has 0 radical (unpaired) electrons. The third kappa shape index (κ3) is 2.79. The van der Waals surface area contributed by atoms with Crippen LogP contribution in [0, 0.1) is 0 Å². The molecule has 4 heteroatoms. The lowest BCUT2D eigenvalue weighted by Gasteiger charge is -2.08. The van der Waals surface area contributed by atoms with E-state index in [0.717, 1.165) is 12.0 Å². The Balaban J connectivity index is 1.80. The van der Waals surface area contributed by atoms with Crippen LogP contribution in [-0.4, -0.2) is 24.0 Å². The zero-order valence-corrected chi connectivity index (χ0v) is 11.0. The zero-order valence-electron chi connectivity index (χ0n) is 11.0.